The van der Waals surface area contributed by atoms with Crippen LogP contribution >= 0.6 is 0 Å². The van der Waals surface area contributed by atoms with Gasteiger partial charge >= 0.3 is 0 Å². The lowest BCUT2D eigenvalue weighted by Crippen LogP contribution is -2.36. The van der Waals surface area contributed by atoms with Crippen LogP contribution in [0.2, 0.25) is 0 Å². The second-order valence-electron chi connectivity index (χ2n) is 5.69. The first-order valence-corrected chi connectivity index (χ1v) is 7.13. The number of hydrogen-bond donors (Lipinski definition) is 0. The molecule has 1 aliphatic rings. The Kier molecular flexibility index (Phi) is 3.57. The Morgan fingerprint density at radius 3 is 2.43 bits per heavy atom. The molecule has 0 aromatic heterocycles. The molecule has 3 rings (SSSR count). The molecule has 2 aromatic rings. The van der Waals surface area contributed by atoms with Crippen molar-refractivity contribution < 1.29 is 14.5 Å². The van der Waals surface area contributed by atoms with Gasteiger partial charge < -0.3 is 4.90 Å². The standard InChI is InChI=1S/C16H15N3O4/c1-17(2)7-8-18-15(20)13-11-6-4-3-5-10(11)9-12(19(22)23)14(13)16(18)21/h3-6,9H,7-8H2,1-2H3. The van der Waals surface area contributed by atoms with Gasteiger partial charge in [0.05, 0.1) is 10.5 Å². The molecule has 0 atom stereocenters. The van der Waals surface area contributed by atoms with Gasteiger partial charge in [-0.1, -0.05) is 24.3 Å². The normalized spacial score (nSPS) is 14.0. The van der Waals surface area contributed by atoms with E-state index in [4.69, 9.17) is 0 Å². The first kappa shape index (κ1) is 15.1. The highest BCUT2D eigenvalue weighted by Gasteiger charge is 2.42. The molecule has 118 valence electrons. The van der Waals surface area contributed by atoms with Crippen LogP contribution < -0.4 is 0 Å². The molecule has 0 bridgehead atoms. The molecular formula is C16H15N3O4. The molecule has 7 heteroatoms. The number of nitro groups is 1. The van der Waals surface area contributed by atoms with Crippen molar-refractivity contribution >= 4 is 28.3 Å². The highest BCUT2D eigenvalue weighted by atomic mass is 16.6. The van der Waals surface area contributed by atoms with Crippen LogP contribution in [0.1, 0.15) is 20.7 Å². The predicted octanol–water partition coefficient (Wildman–Crippen LogP) is 1.91. The van der Waals surface area contributed by atoms with Gasteiger partial charge in [0.15, 0.2) is 0 Å². The Morgan fingerprint density at radius 2 is 1.78 bits per heavy atom. The van der Waals surface area contributed by atoms with Crippen molar-refractivity contribution in [3.63, 3.8) is 0 Å². The zero-order valence-corrected chi connectivity index (χ0v) is 12.8. The lowest BCUT2D eigenvalue weighted by molar-refractivity contribution is -0.385. The summed E-state index contributed by atoms with van der Waals surface area (Å²) < 4.78 is 0. The van der Waals surface area contributed by atoms with Crippen molar-refractivity contribution in [3.8, 4) is 0 Å². The molecular weight excluding hydrogens is 298 g/mol. The van der Waals surface area contributed by atoms with E-state index in [0.29, 0.717) is 17.3 Å². The van der Waals surface area contributed by atoms with E-state index in [-0.39, 0.29) is 23.4 Å². The number of amides is 2. The summed E-state index contributed by atoms with van der Waals surface area (Å²) in [6, 6.07) is 8.24. The summed E-state index contributed by atoms with van der Waals surface area (Å²) in [5.41, 5.74) is -0.277. The molecule has 23 heavy (non-hydrogen) atoms. The molecule has 1 aliphatic heterocycles. The van der Waals surface area contributed by atoms with Gasteiger partial charge in [-0.2, -0.15) is 0 Å². The summed E-state index contributed by atoms with van der Waals surface area (Å²) in [6.45, 7) is 0.696. The Hall–Kier alpha value is -2.80. The summed E-state index contributed by atoms with van der Waals surface area (Å²) >= 11 is 0. The lowest BCUT2D eigenvalue weighted by atomic mass is 9.99. The molecule has 0 saturated carbocycles. The number of benzene rings is 2. The van der Waals surface area contributed by atoms with E-state index >= 15 is 0 Å². The molecule has 0 N–H and O–H groups in total. The molecule has 0 fully saturated rings. The van der Waals surface area contributed by atoms with Crippen LogP contribution in [-0.4, -0.2) is 53.7 Å². The van der Waals surface area contributed by atoms with Gasteiger partial charge in [0.25, 0.3) is 17.5 Å². The zero-order chi connectivity index (χ0) is 16.7. The maximum atomic E-state index is 12.7. The maximum Gasteiger partial charge on any atom is 0.283 e. The minimum atomic E-state index is -0.605. The lowest BCUT2D eigenvalue weighted by Gasteiger charge is -2.16. The molecule has 7 nitrogen and oxygen atoms in total. The highest BCUT2D eigenvalue weighted by Crippen LogP contribution is 2.36. The predicted molar refractivity (Wildman–Crippen MR) is 84.5 cm³/mol. The monoisotopic (exact) mass is 313 g/mol. The third-order valence-corrected chi connectivity index (χ3v) is 3.91. The SMILES string of the molecule is CN(C)CCN1C(=O)c2c([N+](=O)[O-])cc3ccccc3c2C1=O. The summed E-state index contributed by atoms with van der Waals surface area (Å²) in [4.78, 5) is 38.9. The van der Waals surface area contributed by atoms with Crippen LogP contribution in [0.25, 0.3) is 10.8 Å². The van der Waals surface area contributed by atoms with Crippen LogP contribution in [0.4, 0.5) is 5.69 Å². The highest BCUT2D eigenvalue weighted by molar-refractivity contribution is 6.28. The molecule has 0 saturated heterocycles. The second kappa shape index (κ2) is 5.44. The van der Waals surface area contributed by atoms with Crippen LogP contribution in [0.3, 0.4) is 0 Å². The molecule has 0 spiro atoms. The average Bonchev–Trinajstić information content (AvgIpc) is 2.76. The van der Waals surface area contributed by atoms with E-state index < -0.39 is 16.7 Å². The fourth-order valence-electron chi connectivity index (χ4n) is 2.78. The fourth-order valence-corrected chi connectivity index (χ4v) is 2.78. The van der Waals surface area contributed by atoms with Crippen LogP contribution in [0, 0.1) is 10.1 Å². The summed E-state index contributed by atoms with van der Waals surface area (Å²) in [7, 11) is 3.66. The first-order chi connectivity index (χ1) is 10.9. The van der Waals surface area contributed by atoms with E-state index in [9.17, 15) is 19.7 Å². The zero-order valence-electron chi connectivity index (χ0n) is 12.8. The Labute approximate surface area is 132 Å². The summed E-state index contributed by atoms with van der Waals surface area (Å²) in [5, 5.41) is 12.5. The third-order valence-electron chi connectivity index (χ3n) is 3.91. The number of hydrogen-bond acceptors (Lipinski definition) is 5. The molecule has 2 amide bonds. The van der Waals surface area contributed by atoms with Gasteiger partial charge in [0, 0.05) is 19.2 Å². The van der Waals surface area contributed by atoms with Crippen LogP contribution in [0.5, 0.6) is 0 Å². The molecule has 0 radical (unpaired) electrons. The van der Waals surface area contributed by atoms with E-state index in [1.165, 1.54) is 6.07 Å². The van der Waals surface area contributed by atoms with Crippen molar-refractivity contribution in [1.29, 1.82) is 0 Å². The number of likely N-dealkylation sites (N-methyl/N-ethyl adjacent to an activating group) is 1. The van der Waals surface area contributed by atoms with Gasteiger partial charge in [0.1, 0.15) is 5.56 Å². The topological polar surface area (TPSA) is 83.8 Å². The van der Waals surface area contributed by atoms with E-state index in [0.717, 1.165) is 4.90 Å². The quantitative estimate of drug-likeness (QED) is 0.489. The third kappa shape index (κ3) is 2.35. The Morgan fingerprint density at radius 1 is 1.13 bits per heavy atom. The fraction of sp³-hybridized carbons (Fsp3) is 0.250. The average molecular weight is 313 g/mol. The van der Waals surface area contributed by atoms with Crippen molar-refractivity contribution in [2.45, 2.75) is 0 Å². The van der Waals surface area contributed by atoms with E-state index in [1.807, 2.05) is 19.0 Å². The first-order valence-electron chi connectivity index (χ1n) is 7.13. The smallest absolute Gasteiger partial charge is 0.283 e. The number of carbonyl (C=O) groups excluding carboxylic acids is 2. The largest absolute Gasteiger partial charge is 0.308 e. The summed E-state index contributed by atoms with van der Waals surface area (Å²) in [6.07, 6.45) is 0. The molecule has 1 heterocycles. The number of carbonyl (C=O) groups is 2. The van der Waals surface area contributed by atoms with Gasteiger partial charge in [-0.15, -0.1) is 0 Å². The summed E-state index contributed by atoms with van der Waals surface area (Å²) in [5.74, 6) is -1.06. The van der Waals surface area contributed by atoms with Gasteiger partial charge in [-0.25, -0.2) is 0 Å². The van der Waals surface area contributed by atoms with Crippen LogP contribution in [-0.2, 0) is 0 Å². The van der Waals surface area contributed by atoms with Crippen molar-refractivity contribution in [3.05, 3.63) is 51.6 Å². The molecule has 2 aromatic carbocycles. The van der Waals surface area contributed by atoms with E-state index in [1.54, 1.807) is 24.3 Å². The number of fused-ring (bicyclic) bond motifs is 3. The maximum absolute atomic E-state index is 12.7. The van der Waals surface area contributed by atoms with E-state index in [2.05, 4.69) is 0 Å². The number of imide groups is 1. The second-order valence-corrected chi connectivity index (χ2v) is 5.69. The number of nitrogens with zero attached hydrogens (tertiary/aromatic N) is 3. The minimum absolute atomic E-state index is 0.0996. The van der Waals surface area contributed by atoms with Gasteiger partial charge in [0.2, 0.25) is 0 Å². The van der Waals surface area contributed by atoms with Crippen molar-refractivity contribution in [2.75, 3.05) is 27.2 Å². The van der Waals surface area contributed by atoms with Gasteiger partial charge in [-0.05, 0) is 24.9 Å². The number of nitro benzene ring substituents is 1. The Balaban J connectivity index is 2.21. The minimum Gasteiger partial charge on any atom is -0.308 e. The van der Waals surface area contributed by atoms with Crippen molar-refractivity contribution in [1.82, 2.24) is 9.80 Å². The molecule has 0 unspecified atom stereocenters. The van der Waals surface area contributed by atoms with Crippen LogP contribution in [0.15, 0.2) is 30.3 Å². The number of rotatable bonds is 4. The van der Waals surface area contributed by atoms with Crippen molar-refractivity contribution in [2.24, 2.45) is 0 Å². The molecule has 0 aliphatic carbocycles. The van der Waals surface area contributed by atoms with Gasteiger partial charge in [-0.3, -0.25) is 24.6 Å². The Bertz CT molecular complexity index is 845.